The van der Waals surface area contributed by atoms with Crippen LogP contribution in [0.5, 0.6) is 5.88 Å². The minimum atomic E-state index is -3.35. The molecule has 1 saturated heterocycles. The molecule has 0 spiro atoms. The smallest absolute Gasteiger partial charge is 0.281 e. The zero-order valence-electron chi connectivity index (χ0n) is 12.1. The SMILES string of the molecule is CN(C)S(=O)(=O)N1CCC(Oc2ccc(C#N)cn2)CC1. The molecule has 2 rings (SSSR count). The van der Waals surface area contributed by atoms with E-state index in [2.05, 4.69) is 4.98 Å². The molecule has 1 fully saturated rings. The number of nitriles is 1. The minimum absolute atomic E-state index is 0.0564. The molecule has 0 unspecified atom stereocenters. The molecule has 0 saturated carbocycles. The topological polar surface area (TPSA) is 86.5 Å². The van der Waals surface area contributed by atoms with Crippen molar-refractivity contribution < 1.29 is 13.2 Å². The van der Waals surface area contributed by atoms with Crippen LogP contribution in [0.15, 0.2) is 18.3 Å². The summed E-state index contributed by atoms with van der Waals surface area (Å²) in [6.45, 7) is 0.864. The summed E-state index contributed by atoms with van der Waals surface area (Å²) in [6, 6.07) is 5.30. The third-order valence-electron chi connectivity index (χ3n) is 3.34. The molecule has 0 aliphatic carbocycles. The van der Waals surface area contributed by atoms with E-state index in [9.17, 15) is 8.42 Å². The van der Waals surface area contributed by atoms with Gasteiger partial charge in [0.25, 0.3) is 10.2 Å². The molecule has 1 aromatic rings. The van der Waals surface area contributed by atoms with E-state index in [-0.39, 0.29) is 6.10 Å². The van der Waals surface area contributed by atoms with Crippen LogP contribution in [0.1, 0.15) is 18.4 Å². The highest BCUT2D eigenvalue weighted by atomic mass is 32.2. The number of aromatic nitrogens is 1. The standard InChI is InChI=1S/C13H18N4O3S/c1-16(2)21(18,19)17-7-5-12(6-8-17)20-13-4-3-11(9-14)10-15-13/h3-4,10,12H,5-8H2,1-2H3. The Morgan fingerprint density at radius 1 is 1.38 bits per heavy atom. The molecule has 0 aromatic carbocycles. The van der Waals surface area contributed by atoms with E-state index in [4.69, 9.17) is 10.00 Å². The molecule has 0 radical (unpaired) electrons. The van der Waals surface area contributed by atoms with Crippen LogP contribution >= 0.6 is 0 Å². The number of rotatable bonds is 4. The normalized spacial score (nSPS) is 17.6. The fraction of sp³-hybridized carbons (Fsp3) is 0.538. The Balaban J connectivity index is 1.91. The molecule has 0 bridgehead atoms. The molecule has 1 aliphatic rings. The van der Waals surface area contributed by atoms with Gasteiger partial charge in [0, 0.05) is 39.4 Å². The molecule has 21 heavy (non-hydrogen) atoms. The van der Waals surface area contributed by atoms with E-state index >= 15 is 0 Å². The lowest BCUT2D eigenvalue weighted by atomic mass is 10.1. The summed E-state index contributed by atoms with van der Waals surface area (Å²) in [5.74, 6) is 0.461. The molecule has 1 aliphatic heterocycles. The Kier molecular flexibility index (Phi) is 4.77. The lowest BCUT2D eigenvalue weighted by Gasteiger charge is -2.32. The van der Waals surface area contributed by atoms with Crippen molar-refractivity contribution >= 4 is 10.2 Å². The second-order valence-electron chi connectivity index (χ2n) is 5.00. The first kappa shape index (κ1) is 15.7. The van der Waals surface area contributed by atoms with E-state index in [0.717, 1.165) is 0 Å². The highest BCUT2D eigenvalue weighted by Crippen LogP contribution is 2.20. The number of ether oxygens (including phenoxy) is 1. The zero-order chi connectivity index (χ0) is 15.5. The Morgan fingerprint density at radius 2 is 2.05 bits per heavy atom. The summed E-state index contributed by atoms with van der Waals surface area (Å²) in [5, 5.41) is 8.70. The average Bonchev–Trinajstić information content (AvgIpc) is 2.48. The Hall–Kier alpha value is -1.69. The van der Waals surface area contributed by atoms with Gasteiger partial charge >= 0.3 is 0 Å². The van der Waals surface area contributed by atoms with Gasteiger partial charge in [-0.2, -0.15) is 22.3 Å². The first-order valence-corrected chi connectivity index (χ1v) is 8.03. The minimum Gasteiger partial charge on any atom is -0.474 e. The first-order chi connectivity index (χ1) is 9.93. The zero-order valence-corrected chi connectivity index (χ0v) is 12.9. The van der Waals surface area contributed by atoms with Gasteiger partial charge in [-0.1, -0.05) is 0 Å². The molecule has 2 heterocycles. The van der Waals surface area contributed by atoms with Crippen molar-refractivity contribution in [3.63, 3.8) is 0 Å². The van der Waals surface area contributed by atoms with Gasteiger partial charge in [0.2, 0.25) is 5.88 Å². The monoisotopic (exact) mass is 310 g/mol. The second kappa shape index (κ2) is 6.39. The highest BCUT2D eigenvalue weighted by molar-refractivity contribution is 7.86. The second-order valence-corrected chi connectivity index (χ2v) is 7.15. The maximum Gasteiger partial charge on any atom is 0.281 e. The van der Waals surface area contributed by atoms with Crippen molar-refractivity contribution in [1.29, 1.82) is 5.26 Å². The quantitative estimate of drug-likeness (QED) is 0.813. The summed E-state index contributed by atoms with van der Waals surface area (Å²) >= 11 is 0. The molecular formula is C13H18N4O3S. The molecule has 0 N–H and O–H groups in total. The number of hydrogen-bond donors (Lipinski definition) is 0. The maximum absolute atomic E-state index is 12.0. The number of piperidine rings is 1. The molecular weight excluding hydrogens is 292 g/mol. The lowest BCUT2D eigenvalue weighted by Crippen LogP contribution is -2.46. The fourth-order valence-electron chi connectivity index (χ4n) is 2.10. The average molecular weight is 310 g/mol. The van der Waals surface area contributed by atoms with E-state index in [1.165, 1.54) is 28.9 Å². The third-order valence-corrected chi connectivity index (χ3v) is 5.28. The van der Waals surface area contributed by atoms with Crippen molar-refractivity contribution in [3.8, 4) is 11.9 Å². The van der Waals surface area contributed by atoms with Gasteiger partial charge in [-0.15, -0.1) is 0 Å². The van der Waals surface area contributed by atoms with E-state index in [1.807, 2.05) is 6.07 Å². The number of pyridine rings is 1. The van der Waals surface area contributed by atoms with Crippen LogP contribution in [-0.2, 0) is 10.2 Å². The van der Waals surface area contributed by atoms with Crippen LogP contribution in [0, 0.1) is 11.3 Å². The summed E-state index contributed by atoms with van der Waals surface area (Å²) < 4.78 is 32.4. The van der Waals surface area contributed by atoms with Crippen LogP contribution in [0.3, 0.4) is 0 Å². The van der Waals surface area contributed by atoms with Crippen molar-refractivity contribution in [2.24, 2.45) is 0 Å². The molecule has 0 amide bonds. The molecule has 7 nitrogen and oxygen atoms in total. The van der Waals surface area contributed by atoms with E-state index in [0.29, 0.717) is 37.4 Å². The first-order valence-electron chi connectivity index (χ1n) is 6.64. The van der Waals surface area contributed by atoms with Crippen molar-refractivity contribution in [2.75, 3.05) is 27.2 Å². The number of nitrogens with zero attached hydrogens (tertiary/aromatic N) is 4. The van der Waals surface area contributed by atoms with Gasteiger partial charge in [-0.3, -0.25) is 0 Å². The maximum atomic E-state index is 12.0. The fourth-order valence-corrected chi connectivity index (χ4v) is 3.23. The van der Waals surface area contributed by atoms with Gasteiger partial charge < -0.3 is 4.74 Å². The van der Waals surface area contributed by atoms with Gasteiger partial charge in [-0.05, 0) is 18.9 Å². The van der Waals surface area contributed by atoms with Gasteiger partial charge in [-0.25, -0.2) is 4.98 Å². The molecule has 1 aromatic heterocycles. The van der Waals surface area contributed by atoms with Crippen LogP contribution in [0.2, 0.25) is 0 Å². The third kappa shape index (κ3) is 3.69. The molecule has 8 heteroatoms. The van der Waals surface area contributed by atoms with Crippen LogP contribution < -0.4 is 4.74 Å². The lowest BCUT2D eigenvalue weighted by molar-refractivity contribution is 0.128. The summed E-state index contributed by atoms with van der Waals surface area (Å²) in [5.41, 5.74) is 0.481. The van der Waals surface area contributed by atoms with Crippen LogP contribution in [0.25, 0.3) is 0 Å². The van der Waals surface area contributed by atoms with E-state index in [1.54, 1.807) is 12.1 Å². The summed E-state index contributed by atoms with van der Waals surface area (Å²) in [4.78, 5) is 4.05. The van der Waals surface area contributed by atoms with Crippen molar-refractivity contribution in [2.45, 2.75) is 18.9 Å². The summed E-state index contributed by atoms with van der Waals surface area (Å²) in [6.07, 6.45) is 2.64. The molecule has 114 valence electrons. The largest absolute Gasteiger partial charge is 0.474 e. The van der Waals surface area contributed by atoms with Crippen LogP contribution in [0.4, 0.5) is 0 Å². The predicted octanol–water partition coefficient (Wildman–Crippen LogP) is 0.603. The van der Waals surface area contributed by atoms with E-state index < -0.39 is 10.2 Å². The predicted molar refractivity (Wildman–Crippen MR) is 76.8 cm³/mol. The molecule has 0 atom stereocenters. The Bertz CT molecular complexity index is 614. The summed E-state index contributed by atoms with van der Waals surface area (Å²) in [7, 11) is -0.293. The van der Waals surface area contributed by atoms with Crippen molar-refractivity contribution in [1.82, 2.24) is 13.6 Å². The highest BCUT2D eigenvalue weighted by Gasteiger charge is 2.30. The van der Waals surface area contributed by atoms with Gasteiger partial charge in [0.05, 0.1) is 5.56 Å². The van der Waals surface area contributed by atoms with Gasteiger partial charge in [0.1, 0.15) is 12.2 Å². The van der Waals surface area contributed by atoms with Crippen molar-refractivity contribution in [3.05, 3.63) is 23.9 Å². The Labute approximate surface area is 124 Å². The van der Waals surface area contributed by atoms with Crippen LogP contribution in [-0.4, -0.2) is 55.3 Å². The Morgan fingerprint density at radius 3 is 2.52 bits per heavy atom. The number of hydrogen-bond acceptors (Lipinski definition) is 5. The van der Waals surface area contributed by atoms with Gasteiger partial charge in [0.15, 0.2) is 0 Å².